The van der Waals surface area contributed by atoms with Crippen molar-refractivity contribution >= 4 is 34.2 Å². The Balaban J connectivity index is 1.34. The minimum absolute atomic E-state index is 0.143. The lowest BCUT2D eigenvalue weighted by Crippen LogP contribution is -2.42. The van der Waals surface area contributed by atoms with E-state index in [0.29, 0.717) is 42.5 Å². The third-order valence-corrected chi connectivity index (χ3v) is 5.31. The molecule has 1 atom stereocenters. The summed E-state index contributed by atoms with van der Waals surface area (Å²) in [5.74, 6) is -1.24. The monoisotopic (exact) mass is 434 g/mol. The third-order valence-electron chi connectivity index (χ3n) is 4.50. The maximum atomic E-state index is 12.8. The van der Waals surface area contributed by atoms with Crippen molar-refractivity contribution in [2.24, 2.45) is 5.92 Å². The first kappa shape index (κ1) is 21.7. The van der Waals surface area contributed by atoms with Crippen molar-refractivity contribution in [3.63, 3.8) is 0 Å². The van der Waals surface area contributed by atoms with E-state index in [1.807, 2.05) is 0 Å². The highest BCUT2D eigenvalue weighted by Gasteiger charge is 2.29. The highest BCUT2D eigenvalue weighted by molar-refractivity contribution is 7.13. The lowest BCUT2D eigenvalue weighted by Gasteiger charge is -2.20. The fraction of sp³-hybridized carbons (Fsp3) is 0.400. The van der Waals surface area contributed by atoms with Crippen molar-refractivity contribution in [3.8, 4) is 5.75 Å². The lowest BCUT2D eigenvalue weighted by molar-refractivity contribution is -0.134. The van der Waals surface area contributed by atoms with Gasteiger partial charge >= 0.3 is 0 Å². The molecule has 3 rings (SSSR count). The number of hydrogen-bond donors (Lipinski definition) is 3. The van der Waals surface area contributed by atoms with Crippen LogP contribution in [0.3, 0.4) is 0 Å². The summed E-state index contributed by atoms with van der Waals surface area (Å²) in [5.41, 5.74) is 0.695. The van der Waals surface area contributed by atoms with Crippen LogP contribution in [0.2, 0.25) is 0 Å². The van der Waals surface area contributed by atoms with E-state index in [2.05, 4.69) is 20.9 Å². The Morgan fingerprint density at radius 2 is 2.10 bits per heavy atom. The van der Waals surface area contributed by atoms with Crippen LogP contribution in [-0.4, -0.2) is 42.4 Å². The molecule has 1 aromatic heterocycles. The van der Waals surface area contributed by atoms with Gasteiger partial charge in [-0.15, -0.1) is 11.3 Å². The number of rotatable bonds is 9. The molecule has 1 fully saturated rings. The number of ether oxygens (including phenoxy) is 1. The van der Waals surface area contributed by atoms with Gasteiger partial charge in [0.2, 0.25) is 17.7 Å². The molecule has 1 unspecified atom stereocenters. The van der Waals surface area contributed by atoms with Crippen molar-refractivity contribution in [2.75, 3.05) is 25.0 Å². The molecule has 2 aromatic rings. The molecule has 3 amide bonds. The van der Waals surface area contributed by atoms with Crippen molar-refractivity contribution in [3.05, 3.63) is 41.2 Å². The predicted octanol–water partition coefficient (Wildman–Crippen LogP) is 1.87. The van der Waals surface area contributed by atoms with Crippen molar-refractivity contribution in [1.29, 1.82) is 0 Å². The number of carbonyl (C=O) groups is 3. The molecule has 2 heterocycles. The summed E-state index contributed by atoms with van der Waals surface area (Å²) in [6.45, 7) is 1.21. The third kappa shape index (κ3) is 6.51. The number of carbonyl (C=O) groups excluding carboxylic acids is 3. The van der Waals surface area contributed by atoms with Crippen molar-refractivity contribution < 1.29 is 23.5 Å². The molecule has 0 bridgehead atoms. The SMILES string of the molecule is O=C(CCc1csc(NC(=O)C2CCCNC2=O)n1)NCCOc1ccc(F)cc1. The zero-order valence-corrected chi connectivity index (χ0v) is 17.1. The molecule has 30 heavy (non-hydrogen) atoms. The van der Waals surface area contributed by atoms with Gasteiger partial charge in [0.1, 0.15) is 24.1 Å². The van der Waals surface area contributed by atoms with E-state index in [1.54, 1.807) is 5.38 Å². The average molecular weight is 434 g/mol. The molecule has 0 spiro atoms. The number of amides is 3. The fourth-order valence-corrected chi connectivity index (χ4v) is 3.66. The number of anilines is 1. The van der Waals surface area contributed by atoms with Gasteiger partial charge in [0.25, 0.3) is 0 Å². The van der Waals surface area contributed by atoms with Gasteiger partial charge in [-0.3, -0.25) is 14.4 Å². The van der Waals surface area contributed by atoms with Gasteiger partial charge in [0, 0.05) is 18.3 Å². The molecule has 160 valence electrons. The first-order valence-electron chi connectivity index (χ1n) is 9.69. The van der Waals surface area contributed by atoms with E-state index in [-0.39, 0.29) is 36.6 Å². The van der Waals surface area contributed by atoms with E-state index in [4.69, 9.17) is 4.74 Å². The second kappa shape index (κ2) is 10.7. The first-order chi connectivity index (χ1) is 14.5. The van der Waals surface area contributed by atoms with Crippen LogP contribution < -0.4 is 20.7 Å². The Kier molecular flexibility index (Phi) is 7.72. The van der Waals surface area contributed by atoms with Crippen LogP contribution in [0.15, 0.2) is 29.6 Å². The second-order valence-electron chi connectivity index (χ2n) is 6.77. The topological polar surface area (TPSA) is 109 Å². The van der Waals surface area contributed by atoms with E-state index >= 15 is 0 Å². The second-order valence-corrected chi connectivity index (χ2v) is 7.63. The summed E-state index contributed by atoms with van der Waals surface area (Å²) >= 11 is 1.26. The molecular weight excluding hydrogens is 411 g/mol. The number of benzene rings is 1. The van der Waals surface area contributed by atoms with Crippen molar-refractivity contribution in [2.45, 2.75) is 25.7 Å². The van der Waals surface area contributed by atoms with Gasteiger partial charge in [-0.1, -0.05) is 0 Å². The molecule has 0 radical (unpaired) electrons. The smallest absolute Gasteiger partial charge is 0.238 e. The van der Waals surface area contributed by atoms with Gasteiger partial charge in [0.05, 0.1) is 12.2 Å². The zero-order chi connectivity index (χ0) is 21.3. The summed E-state index contributed by atoms with van der Waals surface area (Å²) in [4.78, 5) is 40.2. The molecule has 0 aliphatic carbocycles. The Morgan fingerprint density at radius 3 is 2.87 bits per heavy atom. The predicted molar refractivity (Wildman–Crippen MR) is 110 cm³/mol. The summed E-state index contributed by atoms with van der Waals surface area (Å²) in [7, 11) is 0. The molecule has 1 aromatic carbocycles. The van der Waals surface area contributed by atoms with Gasteiger partial charge in [-0.2, -0.15) is 0 Å². The molecule has 3 N–H and O–H groups in total. The van der Waals surface area contributed by atoms with Crippen LogP contribution >= 0.6 is 11.3 Å². The van der Waals surface area contributed by atoms with E-state index < -0.39 is 5.92 Å². The summed E-state index contributed by atoms with van der Waals surface area (Å²) in [6.07, 6.45) is 1.98. The maximum absolute atomic E-state index is 12.8. The Bertz CT molecular complexity index is 887. The number of aromatic nitrogens is 1. The molecule has 8 nitrogen and oxygen atoms in total. The van der Waals surface area contributed by atoms with Crippen LogP contribution in [0.25, 0.3) is 0 Å². The van der Waals surface area contributed by atoms with Crippen LogP contribution in [0.4, 0.5) is 9.52 Å². The zero-order valence-electron chi connectivity index (χ0n) is 16.3. The summed E-state index contributed by atoms with van der Waals surface area (Å²) < 4.78 is 18.2. The molecule has 1 saturated heterocycles. The first-order valence-corrected chi connectivity index (χ1v) is 10.6. The largest absolute Gasteiger partial charge is 0.492 e. The highest BCUT2D eigenvalue weighted by Crippen LogP contribution is 2.19. The van der Waals surface area contributed by atoms with Gasteiger partial charge < -0.3 is 20.7 Å². The maximum Gasteiger partial charge on any atom is 0.238 e. The van der Waals surface area contributed by atoms with Crippen LogP contribution in [0.5, 0.6) is 5.75 Å². The summed E-state index contributed by atoms with van der Waals surface area (Å²) in [6, 6.07) is 5.66. The molecule has 1 aliphatic rings. The van der Waals surface area contributed by atoms with Gasteiger partial charge in [0.15, 0.2) is 5.13 Å². The number of nitrogens with zero attached hydrogens (tertiary/aromatic N) is 1. The quantitative estimate of drug-likeness (QED) is 0.412. The Morgan fingerprint density at radius 1 is 1.30 bits per heavy atom. The fourth-order valence-electron chi connectivity index (χ4n) is 2.91. The Hall–Kier alpha value is -3.01. The van der Waals surface area contributed by atoms with E-state index in [0.717, 1.165) is 6.42 Å². The highest BCUT2D eigenvalue weighted by atomic mass is 32.1. The molecular formula is C20H23FN4O4S. The standard InChI is InChI=1S/C20H23FN4O4S/c21-13-3-6-15(7-4-13)29-11-10-22-17(26)8-5-14-12-30-20(24-14)25-19(28)16-2-1-9-23-18(16)27/h3-4,6-7,12,16H,1-2,5,8-11H2,(H,22,26)(H,23,27)(H,24,25,28). The normalized spacial score (nSPS) is 15.9. The Labute approximate surface area is 177 Å². The van der Waals surface area contributed by atoms with Crippen LogP contribution in [0.1, 0.15) is 25.0 Å². The average Bonchev–Trinajstić information content (AvgIpc) is 3.18. The van der Waals surface area contributed by atoms with Crippen molar-refractivity contribution in [1.82, 2.24) is 15.6 Å². The van der Waals surface area contributed by atoms with E-state index in [9.17, 15) is 18.8 Å². The number of hydrogen-bond acceptors (Lipinski definition) is 6. The number of thiazole rings is 1. The van der Waals surface area contributed by atoms with E-state index in [1.165, 1.54) is 35.6 Å². The molecule has 0 saturated carbocycles. The lowest BCUT2D eigenvalue weighted by atomic mass is 9.98. The number of piperidine rings is 1. The summed E-state index contributed by atoms with van der Waals surface area (Å²) in [5, 5.41) is 10.3. The van der Waals surface area contributed by atoms with Crippen LogP contribution in [-0.2, 0) is 20.8 Å². The minimum atomic E-state index is -0.686. The van der Waals surface area contributed by atoms with Crippen LogP contribution in [0, 0.1) is 11.7 Å². The van der Waals surface area contributed by atoms with Gasteiger partial charge in [-0.05, 0) is 43.5 Å². The minimum Gasteiger partial charge on any atom is -0.492 e. The van der Waals surface area contributed by atoms with Gasteiger partial charge in [-0.25, -0.2) is 9.37 Å². The molecule has 1 aliphatic heterocycles. The number of aryl methyl sites for hydroxylation is 1. The molecule has 10 heteroatoms. The number of nitrogens with one attached hydrogen (secondary N) is 3. The number of halogens is 1.